The second kappa shape index (κ2) is 6.46. The molecule has 3 rings (SSSR count). The molecule has 2 aromatic heterocycles. The van der Waals surface area contributed by atoms with E-state index in [0.717, 1.165) is 48.7 Å². The van der Waals surface area contributed by atoms with Crippen LogP contribution in [0.15, 0.2) is 18.5 Å². The summed E-state index contributed by atoms with van der Waals surface area (Å²) >= 11 is 0. The fourth-order valence-electron chi connectivity index (χ4n) is 4.10. The highest BCUT2D eigenvalue weighted by Crippen LogP contribution is 2.26. The maximum atomic E-state index is 13.1. The van der Waals surface area contributed by atoms with E-state index >= 15 is 0 Å². The molecule has 0 aromatic carbocycles. The monoisotopic (exact) mass is 328 g/mol. The Balaban J connectivity index is 1.83. The van der Waals surface area contributed by atoms with Crippen molar-refractivity contribution in [2.24, 2.45) is 0 Å². The number of hydrogen-bond acceptors (Lipinski definition) is 2. The summed E-state index contributed by atoms with van der Waals surface area (Å²) in [5.74, 6) is 1.18. The van der Waals surface area contributed by atoms with Gasteiger partial charge in [0.1, 0.15) is 5.82 Å². The predicted molar refractivity (Wildman–Crippen MR) is 95.4 cm³/mol. The lowest BCUT2D eigenvalue weighted by Gasteiger charge is -2.34. The first-order chi connectivity index (χ1) is 11.4. The lowest BCUT2D eigenvalue weighted by atomic mass is 10.0. The first-order valence-electron chi connectivity index (χ1n) is 8.87. The maximum absolute atomic E-state index is 13.1. The van der Waals surface area contributed by atoms with Crippen LogP contribution in [0.25, 0.3) is 0 Å². The van der Waals surface area contributed by atoms with Gasteiger partial charge in [0.2, 0.25) is 0 Å². The molecule has 0 radical (unpaired) electrons. The molecule has 24 heavy (non-hydrogen) atoms. The third kappa shape index (κ3) is 2.87. The molecule has 1 fully saturated rings. The average molecular weight is 328 g/mol. The van der Waals surface area contributed by atoms with Crippen LogP contribution in [0.3, 0.4) is 0 Å². The van der Waals surface area contributed by atoms with Crippen LogP contribution in [0.4, 0.5) is 0 Å². The highest BCUT2D eigenvalue weighted by Gasteiger charge is 2.28. The van der Waals surface area contributed by atoms with Gasteiger partial charge in [-0.3, -0.25) is 4.79 Å². The molecule has 5 nitrogen and oxygen atoms in total. The third-order valence-electron chi connectivity index (χ3n) is 5.17. The largest absolute Gasteiger partial charge is 0.346 e. The average Bonchev–Trinajstić information content (AvgIpc) is 3.09. The lowest BCUT2D eigenvalue weighted by Crippen LogP contribution is -2.41. The van der Waals surface area contributed by atoms with Crippen LogP contribution in [0, 0.1) is 20.8 Å². The van der Waals surface area contributed by atoms with Crippen LogP contribution in [-0.4, -0.2) is 38.0 Å². The van der Waals surface area contributed by atoms with E-state index in [1.165, 1.54) is 0 Å². The van der Waals surface area contributed by atoms with Crippen molar-refractivity contribution in [2.75, 3.05) is 13.1 Å². The summed E-state index contributed by atoms with van der Waals surface area (Å²) in [4.78, 5) is 19.4. The molecule has 1 atom stereocenters. The highest BCUT2D eigenvalue weighted by atomic mass is 16.2. The smallest absolute Gasteiger partial charge is 0.255 e. The zero-order chi connectivity index (χ0) is 17.4. The number of amides is 1. The number of hydrogen-bond donors (Lipinski definition) is 0. The summed E-state index contributed by atoms with van der Waals surface area (Å²) in [5, 5.41) is 0. The molecular formula is C19H28N4O. The number of aromatic nitrogens is 3. The quantitative estimate of drug-likeness (QED) is 0.863. The second-order valence-electron chi connectivity index (χ2n) is 7.18. The highest BCUT2D eigenvalue weighted by molar-refractivity contribution is 5.95. The van der Waals surface area contributed by atoms with Gasteiger partial charge in [0.15, 0.2) is 0 Å². The molecule has 1 amide bonds. The number of nitrogens with zero attached hydrogens (tertiary/aromatic N) is 4. The molecule has 5 heteroatoms. The van der Waals surface area contributed by atoms with Crippen LogP contribution in [0.1, 0.15) is 66.3 Å². The van der Waals surface area contributed by atoms with Gasteiger partial charge >= 0.3 is 0 Å². The molecule has 0 spiro atoms. The molecule has 3 heterocycles. The van der Waals surface area contributed by atoms with Crippen LogP contribution in [0.5, 0.6) is 0 Å². The van der Waals surface area contributed by atoms with E-state index in [4.69, 9.17) is 0 Å². The van der Waals surface area contributed by atoms with Gasteiger partial charge < -0.3 is 14.0 Å². The summed E-state index contributed by atoms with van der Waals surface area (Å²) in [6.45, 7) is 12.1. The first-order valence-corrected chi connectivity index (χ1v) is 8.87. The summed E-state index contributed by atoms with van der Waals surface area (Å²) in [6, 6.07) is 2.75. The second-order valence-corrected chi connectivity index (χ2v) is 7.18. The Kier molecular flexibility index (Phi) is 4.52. The van der Waals surface area contributed by atoms with E-state index in [1.807, 2.05) is 30.3 Å². The molecule has 1 aliphatic heterocycles. The maximum Gasteiger partial charge on any atom is 0.255 e. The fourth-order valence-corrected chi connectivity index (χ4v) is 4.10. The molecule has 0 bridgehead atoms. The van der Waals surface area contributed by atoms with Gasteiger partial charge in [-0.15, -0.1) is 0 Å². The third-order valence-corrected chi connectivity index (χ3v) is 5.17. The van der Waals surface area contributed by atoms with Crippen molar-refractivity contribution in [3.63, 3.8) is 0 Å². The van der Waals surface area contributed by atoms with Gasteiger partial charge in [0, 0.05) is 42.9 Å². The van der Waals surface area contributed by atoms with Gasteiger partial charge in [-0.1, -0.05) is 0 Å². The normalized spacial score (nSPS) is 18.4. The minimum atomic E-state index is 0.164. The number of likely N-dealkylation sites (tertiary alicyclic amines) is 1. The van der Waals surface area contributed by atoms with E-state index in [9.17, 15) is 4.79 Å². The minimum Gasteiger partial charge on any atom is -0.346 e. The van der Waals surface area contributed by atoms with Crippen molar-refractivity contribution in [1.29, 1.82) is 0 Å². The zero-order valence-electron chi connectivity index (χ0n) is 15.4. The Hall–Kier alpha value is -2.04. The molecule has 0 N–H and O–H groups in total. The summed E-state index contributed by atoms with van der Waals surface area (Å²) in [6.07, 6.45) is 6.01. The van der Waals surface area contributed by atoms with E-state index in [0.29, 0.717) is 12.1 Å². The van der Waals surface area contributed by atoms with Crippen molar-refractivity contribution in [1.82, 2.24) is 19.0 Å². The number of carbonyl (C=O) groups excluding carboxylic acids is 1. The van der Waals surface area contributed by atoms with E-state index in [-0.39, 0.29) is 5.91 Å². The molecule has 1 unspecified atom stereocenters. The topological polar surface area (TPSA) is 43.1 Å². The van der Waals surface area contributed by atoms with Gasteiger partial charge in [0.25, 0.3) is 5.91 Å². The number of imidazole rings is 1. The van der Waals surface area contributed by atoms with Crippen LogP contribution in [-0.2, 0) is 0 Å². The molecule has 130 valence electrons. The minimum absolute atomic E-state index is 0.164. The number of rotatable bonds is 3. The molecule has 2 aromatic rings. The van der Waals surface area contributed by atoms with Gasteiger partial charge in [-0.2, -0.15) is 0 Å². The first kappa shape index (κ1) is 16.8. The van der Waals surface area contributed by atoms with Crippen molar-refractivity contribution in [3.05, 3.63) is 41.2 Å². The molecular weight excluding hydrogens is 300 g/mol. The van der Waals surface area contributed by atoms with Crippen LogP contribution < -0.4 is 0 Å². The molecule has 1 aliphatic rings. The zero-order valence-corrected chi connectivity index (χ0v) is 15.4. The summed E-state index contributed by atoms with van der Waals surface area (Å²) in [5.41, 5.74) is 3.09. The van der Waals surface area contributed by atoms with E-state index in [2.05, 4.69) is 41.8 Å². The van der Waals surface area contributed by atoms with Crippen molar-refractivity contribution < 1.29 is 4.79 Å². The Morgan fingerprint density at radius 2 is 2.04 bits per heavy atom. The summed E-state index contributed by atoms with van der Waals surface area (Å²) in [7, 11) is 0. The molecule has 1 saturated heterocycles. The van der Waals surface area contributed by atoms with Crippen LogP contribution in [0.2, 0.25) is 0 Å². The Morgan fingerprint density at radius 3 is 2.62 bits per heavy atom. The van der Waals surface area contributed by atoms with E-state index in [1.54, 1.807) is 0 Å². The van der Waals surface area contributed by atoms with Gasteiger partial charge in [0.05, 0.1) is 11.6 Å². The Morgan fingerprint density at radius 1 is 1.29 bits per heavy atom. The van der Waals surface area contributed by atoms with Crippen molar-refractivity contribution >= 4 is 5.91 Å². The van der Waals surface area contributed by atoms with Gasteiger partial charge in [-0.05, 0) is 53.5 Å². The number of piperidine rings is 1. The molecule has 0 saturated carbocycles. The predicted octanol–water partition coefficient (Wildman–Crippen LogP) is 3.67. The summed E-state index contributed by atoms with van der Waals surface area (Å²) < 4.78 is 4.45. The SMILES string of the molecule is Cc1nccn1C1CCCN(C(=O)c2cc(C)n(C(C)C)c2C)C1. The van der Waals surface area contributed by atoms with Crippen molar-refractivity contribution in [2.45, 2.75) is 59.5 Å². The van der Waals surface area contributed by atoms with Gasteiger partial charge in [-0.25, -0.2) is 4.98 Å². The fraction of sp³-hybridized carbons (Fsp3) is 0.579. The Labute approximate surface area is 144 Å². The standard InChI is InChI=1S/C19H28N4O/c1-13(2)23-14(3)11-18(15(23)4)19(24)21-9-6-7-17(12-21)22-10-8-20-16(22)5/h8,10-11,13,17H,6-7,9,12H2,1-5H3. The van der Waals surface area contributed by atoms with Crippen molar-refractivity contribution in [3.8, 4) is 0 Å². The van der Waals surface area contributed by atoms with E-state index < -0.39 is 0 Å². The number of carbonyl (C=O) groups is 1. The molecule has 0 aliphatic carbocycles. The number of aryl methyl sites for hydroxylation is 2. The lowest BCUT2D eigenvalue weighted by molar-refractivity contribution is 0.0677. The van der Waals surface area contributed by atoms with Crippen LogP contribution >= 0.6 is 0 Å². The Bertz CT molecular complexity index is 741.